The summed E-state index contributed by atoms with van der Waals surface area (Å²) in [7, 11) is 0. The molecule has 0 aromatic heterocycles. The van der Waals surface area contributed by atoms with Crippen LogP contribution < -0.4 is 10.2 Å². The summed E-state index contributed by atoms with van der Waals surface area (Å²) >= 11 is 0. The molecule has 0 saturated carbocycles. The predicted molar refractivity (Wildman–Crippen MR) is 85.4 cm³/mol. The summed E-state index contributed by atoms with van der Waals surface area (Å²) in [5.41, 5.74) is 2.69. The van der Waals surface area contributed by atoms with Gasteiger partial charge in [-0.05, 0) is 44.5 Å². The summed E-state index contributed by atoms with van der Waals surface area (Å²) in [5.74, 6) is 0. The van der Waals surface area contributed by atoms with E-state index in [4.69, 9.17) is 4.74 Å². The fraction of sp³-hybridized carbons (Fsp3) is 0.647. The van der Waals surface area contributed by atoms with Crippen molar-refractivity contribution in [3.8, 4) is 0 Å². The minimum Gasteiger partial charge on any atom is -0.375 e. The minimum absolute atomic E-state index is 0.316. The van der Waals surface area contributed by atoms with Gasteiger partial charge in [0.1, 0.15) is 0 Å². The SMILES string of the molecule is CCNC(CC)c1ccc(N2CC(C)OCC2C)cc1. The molecule has 0 bridgehead atoms. The number of morpholine rings is 1. The van der Waals surface area contributed by atoms with Crippen LogP contribution in [-0.4, -0.2) is 31.8 Å². The number of hydrogen-bond acceptors (Lipinski definition) is 3. The van der Waals surface area contributed by atoms with Crippen molar-refractivity contribution in [1.29, 1.82) is 0 Å². The first-order valence-electron chi connectivity index (χ1n) is 7.87. The van der Waals surface area contributed by atoms with Gasteiger partial charge in [0, 0.05) is 24.3 Å². The summed E-state index contributed by atoms with van der Waals surface area (Å²) in [6.45, 7) is 11.6. The largest absolute Gasteiger partial charge is 0.375 e. The fourth-order valence-corrected chi connectivity index (χ4v) is 2.91. The molecule has 3 nitrogen and oxygen atoms in total. The first kappa shape index (κ1) is 15.3. The molecule has 1 fully saturated rings. The van der Waals surface area contributed by atoms with Gasteiger partial charge >= 0.3 is 0 Å². The molecule has 2 rings (SSSR count). The van der Waals surface area contributed by atoms with Gasteiger partial charge < -0.3 is 15.0 Å². The maximum Gasteiger partial charge on any atom is 0.0723 e. The monoisotopic (exact) mass is 276 g/mol. The van der Waals surface area contributed by atoms with Crippen molar-refractivity contribution in [3.05, 3.63) is 29.8 Å². The van der Waals surface area contributed by atoms with Crippen molar-refractivity contribution in [3.63, 3.8) is 0 Å². The lowest BCUT2D eigenvalue weighted by Gasteiger charge is -2.38. The van der Waals surface area contributed by atoms with E-state index in [1.807, 2.05) is 0 Å². The highest BCUT2D eigenvalue weighted by molar-refractivity contribution is 5.49. The molecule has 0 radical (unpaired) electrons. The number of nitrogens with zero attached hydrogens (tertiary/aromatic N) is 1. The Hall–Kier alpha value is -1.06. The Labute approximate surface area is 123 Å². The Morgan fingerprint density at radius 1 is 1.25 bits per heavy atom. The van der Waals surface area contributed by atoms with Crippen molar-refractivity contribution < 1.29 is 4.74 Å². The molecular weight excluding hydrogens is 248 g/mol. The molecule has 0 spiro atoms. The lowest BCUT2D eigenvalue weighted by molar-refractivity contribution is 0.0344. The molecule has 1 aromatic carbocycles. The van der Waals surface area contributed by atoms with Gasteiger partial charge in [-0.1, -0.05) is 26.0 Å². The van der Waals surface area contributed by atoms with Crippen LogP contribution in [0.3, 0.4) is 0 Å². The van der Waals surface area contributed by atoms with E-state index in [2.05, 4.69) is 62.2 Å². The van der Waals surface area contributed by atoms with Crippen LogP contribution in [0.5, 0.6) is 0 Å². The van der Waals surface area contributed by atoms with Crippen molar-refractivity contribution in [1.82, 2.24) is 5.32 Å². The van der Waals surface area contributed by atoms with E-state index >= 15 is 0 Å². The predicted octanol–water partition coefficient (Wildman–Crippen LogP) is 3.36. The number of hydrogen-bond donors (Lipinski definition) is 1. The number of ether oxygens (including phenoxy) is 1. The molecule has 3 heteroatoms. The van der Waals surface area contributed by atoms with Gasteiger partial charge in [0.15, 0.2) is 0 Å². The molecule has 3 unspecified atom stereocenters. The lowest BCUT2D eigenvalue weighted by atomic mass is 10.0. The zero-order chi connectivity index (χ0) is 14.5. The average molecular weight is 276 g/mol. The summed E-state index contributed by atoms with van der Waals surface area (Å²) in [4.78, 5) is 2.45. The van der Waals surface area contributed by atoms with E-state index in [0.29, 0.717) is 18.2 Å². The van der Waals surface area contributed by atoms with E-state index in [1.54, 1.807) is 0 Å². The summed E-state index contributed by atoms with van der Waals surface area (Å²) in [6.07, 6.45) is 1.44. The maximum absolute atomic E-state index is 5.70. The molecule has 1 saturated heterocycles. The zero-order valence-electron chi connectivity index (χ0n) is 13.2. The second-order valence-electron chi connectivity index (χ2n) is 5.76. The van der Waals surface area contributed by atoms with E-state index in [9.17, 15) is 0 Å². The standard InChI is InChI=1S/C17H28N2O/c1-5-17(18-6-2)15-7-9-16(10-8-15)19-11-14(4)20-12-13(19)3/h7-10,13-14,17-18H,5-6,11-12H2,1-4H3. The summed E-state index contributed by atoms with van der Waals surface area (Å²) < 4.78 is 5.70. The first-order valence-corrected chi connectivity index (χ1v) is 7.87. The Balaban J connectivity index is 2.10. The smallest absolute Gasteiger partial charge is 0.0723 e. The van der Waals surface area contributed by atoms with Crippen molar-refractivity contribution >= 4 is 5.69 Å². The first-order chi connectivity index (χ1) is 9.65. The molecule has 0 amide bonds. The van der Waals surface area contributed by atoms with E-state index in [1.165, 1.54) is 11.3 Å². The quantitative estimate of drug-likeness (QED) is 0.892. The fourth-order valence-electron chi connectivity index (χ4n) is 2.91. The number of nitrogens with one attached hydrogen (secondary N) is 1. The Morgan fingerprint density at radius 2 is 1.95 bits per heavy atom. The van der Waals surface area contributed by atoms with Crippen LogP contribution in [-0.2, 0) is 4.74 Å². The average Bonchev–Trinajstić information content (AvgIpc) is 2.47. The van der Waals surface area contributed by atoms with Crippen LogP contribution in [0.4, 0.5) is 5.69 Å². The van der Waals surface area contributed by atoms with Crippen molar-refractivity contribution in [2.24, 2.45) is 0 Å². The highest BCUT2D eigenvalue weighted by Gasteiger charge is 2.23. The Morgan fingerprint density at radius 3 is 2.55 bits per heavy atom. The van der Waals surface area contributed by atoms with Crippen molar-refractivity contribution in [2.45, 2.75) is 52.3 Å². The van der Waals surface area contributed by atoms with Gasteiger partial charge in [-0.25, -0.2) is 0 Å². The lowest BCUT2D eigenvalue weighted by Crippen LogP contribution is -2.47. The topological polar surface area (TPSA) is 24.5 Å². The third kappa shape index (κ3) is 3.53. The van der Waals surface area contributed by atoms with Gasteiger partial charge in [-0.15, -0.1) is 0 Å². The number of benzene rings is 1. The van der Waals surface area contributed by atoms with Crippen LogP contribution >= 0.6 is 0 Å². The molecule has 20 heavy (non-hydrogen) atoms. The molecule has 1 aromatic rings. The van der Waals surface area contributed by atoms with Crippen LogP contribution in [0.15, 0.2) is 24.3 Å². The number of rotatable bonds is 5. The van der Waals surface area contributed by atoms with Crippen LogP contribution in [0.2, 0.25) is 0 Å². The number of anilines is 1. The third-order valence-corrected chi connectivity index (χ3v) is 4.09. The molecule has 1 aliphatic rings. The second kappa shape index (κ2) is 7.09. The molecule has 1 N–H and O–H groups in total. The molecule has 112 valence electrons. The van der Waals surface area contributed by atoms with Crippen LogP contribution in [0.1, 0.15) is 45.7 Å². The van der Waals surface area contributed by atoms with Crippen molar-refractivity contribution in [2.75, 3.05) is 24.6 Å². The van der Waals surface area contributed by atoms with Crippen LogP contribution in [0.25, 0.3) is 0 Å². The molecule has 1 heterocycles. The molecular formula is C17H28N2O. The Kier molecular flexibility index (Phi) is 5.44. The normalized spacial score (nSPS) is 24.7. The Bertz CT molecular complexity index is 404. The van der Waals surface area contributed by atoms with Gasteiger partial charge in [0.2, 0.25) is 0 Å². The molecule has 0 aliphatic carbocycles. The highest BCUT2D eigenvalue weighted by Crippen LogP contribution is 2.25. The van der Waals surface area contributed by atoms with Gasteiger partial charge in [0.05, 0.1) is 12.7 Å². The molecule has 3 atom stereocenters. The van der Waals surface area contributed by atoms with Gasteiger partial charge in [-0.2, -0.15) is 0 Å². The minimum atomic E-state index is 0.316. The van der Waals surface area contributed by atoms with Gasteiger partial charge in [0.25, 0.3) is 0 Å². The van der Waals surface area contributed by atoms with Crippen LogP contribution in [0, 0.1) is 0 Å². The molecule has 1 aliphatic heterocycles. The second-order valence-corrected chi connectivity index (χ2v) is 5.76. The third-order valence-electron chi connectivity index (χ3n) is 4.09. The van der Waals surface area contributed by atoms with Gasteiger partial charge in [-0.3, -0.25) is 0 Å². The zero-order valence-corrected chi connectivity index (χ0v) is 13.2. The van der Waals surface area contributed by atoms with E-state index < -0.39 is 0 Å². The summed E-state index contributed by atoms with van der Waals surface area (Å²) in [6, 6.07) is 9.95. The maximum atomic E-state index is 5.70. The van der Waals surface area contributed by atoms with E-state index in [0.717, 1.165) is 26.1 Å². The highest BCUT2D eigenvalue weighted by atomic mass is 16.5. The van der Waals surface area contributed by atoms with E-state index in [-0.39, 0.29) is 0 Å². The summed E-state index contributed by atoms with van der Waals surface area (Å²) in [5, 5.41) is 3.53.